The Morgan fingerprint density at radius 2 is 2.05 bits per heavy atom. The van der Waals surface area contributed by atoms with Crippen molar-refractivity contribution >= 4 is 28.5 Å². The Labute approximate surface area is 131 Å². The molecule has 1 aromatic heterocycles. The SMILES string of the molecule is O=C(O)Cc1ccc2ccn(Cc3c(F)cccc3Cl)c2c1. The predicted molar refractivity (Wildman–Crippen MR) is 83.8 cm³/mol. The third-order valence-electron chi connectivity index (χ3n) is 3.58. The van der Waals surface area contributed by atoms with E-state index < -0.39 is 5.97 Å². The molecule has 0 aliphatic rings. The number of carboxylic acids is 1. The molecule has 2 aromatic carbocycles. The molecule has 3 nitrogen and oxygen atoms in total. The third kappa shape index (κ3) is 2.83. The molecule has 0 aliphatic carbocycles. The van der Waals surface area contributed by atoms with Crippen LogP contribution in [-0.4, -0.2) is 15.6 Å². The van der Waals surface area contributed by atoms with E-state index in [4.69, 9.17) is 16.7 Å². The molecule has 3 aromatic rings. The average Bonchev–Trinajstić information content (AvgIpc) is 2.85. The Balaban J connectivity index is 2.02. The van der Waals surface area contributed by atoms with Gasteiger partial charge >= 0.3 is 5.97 Å². The van der Waals surface area contributed by atoms with Crippen LogP contribution >= 0.6 is 11.6 Å². The van der Waals surface area contributed by atoms with E-state index >= 15 is 0 Å². The van der Waals surface area contributed by atoms with E-state index in [0.29, 0.717) is 22.7 Å². The summed E-state index contributed by atoms with van der Waals surface area (Å²) >= 11 is 6.07. The van der Waals surface area contributed by atoms with E-state index in [0.717, 1.165) is 10.9 Å². The Morgan fingerprint density at radius 3 is 2.77 bits per heavy atom. The van der Waals surface area contributed by atoms with Gasteiger partial charge in [-0.15, -0.1) is 0 Å². The van der Waals surface area contributed by atoms with E-state index in [-0.39, 0.29) is 12.2 Å². The van der Waals surface area contributed by atoms with Crippen LogP contribution in [0.1, 0.15) is 11.1 Å². The fourth-order valence-electron chi connectivity index (χ4n) is 2.51. The first-order chi connectivity index (χ1) is 10.5. The van der Waals surface area contributed by atoms with Crippen molar-refractivity contribution in [2.24, 2.45) is 0 Å². The molecule has 0 bridgehead atoms. The van der Waals surface area contributed by atoms with Gasteiger partial charge in [-0.2, -0.15) is 0 Å². The summed E-state index contributed by atoms with van der Waals surface area (Å²) in [4.78, 5) is 10.8. The van der Waals surface area contributed by atoms with Crippen molar-refractivity contribution in [2.75, 3.05) is 0 Å². The highest BCUT2D eigenvalue weighted by Gasteiger charge is 2.10. The molecular weight excluding hydrogens is 305 g/mol. The topological polar surface area (TPSA) is 42.2 Å². The van der Waals surface area contributed by atoms with Crippen molar-refractivity contribution in [3.8, 4) is 0 Å². The smallest absolute Gasteiger partial charge is 0.307 e. The monoisotopic (exact) mass is 317 g/mol. The zero-order valence-corrected chi connectivity index (χ0v) is 12.3. The lowest BCUT2D eigenvalue weighted by Crippen LogP contribution is -2.03. The summed E-state index contributed by atoms with van der Waals surface area (Å²) in [6.07, 6.45) is 1.81. The van der Waals surface area contributed by atoms with Gasteiger partial charge in [-0.1, -0.05) is 29.8 Å². The average molecular weight is 318 g/mol. The first-order valence-corrected chi connectivity index (χ1v) is 7.15. The number of aliphatic carboxylic acids is 1. The summed E-state index contributed by atoms with van der Waals surface area (Å²) in [5.41, 5.74) is 1.99. The van der Waals surface area contributed by atoms with Gasteiger partial charge < -0.3 is 9.67 Å². The number of carboxylic acid groups (broad SMARTS) is 1. The molecule has 3 rings (SSSR count). The van der Waals surface area contributed by atoms with Gasteiger partial charge in [-0.05, 0) is 35.2 Å². The van der Waals surface area contributed by atoms with Gasteiger partial charge in [0.25, 0.3) is 0 Å². The maximum absolute atomic E-state index is 13.9. The maximum atomic E-state index is 13.9. The minimum atomic E-state index is -0.880. The molecular formula is C17H13ClFNO2. The van der Waals surface area contributed by atoms with Crippen LogP contribution in [0.2, 0.25) is 5.02 Å². The normalized spacial score (nSPS) is 11.0. The summed E-state index contributed by atoms with van der Waals surface area (Å²) in [5, 5.41) is 10.2. The van der Waals surface area contributed by atoms with Gasteiger partial charge in [-0.25, -0.2) is 4.39 Å². The quantitative estimate of drug-likeness (QED) is 0.787. The van der Waals surface area contributed by atoms with E-state index in [1.54, 1.807) is 18.2 Å². The minimum Gasteiger partial charge on any atom is -0.481 e. The summed E-state index contributed by atoms with van der Waals surface area (Å²) in [6.45, 7) is 0.297. The molecule has 0 radical (unpaired) electrons. The molecule has 0 fully saturated rings. The molecule has 0 saturated carbocycles. The molecule has 5 heteroatoms. The van der Waals surface area contributed by atoms with Gasteiger partial charge in [0.05, 0.1) is 13.0 Å². The summed E-state index contributed by atoms with van der Waals surface area (Å²) in [6, 6.07) is 12.0. The summed E-state index contributed by atoms with van der Waals surface area (Å²) < 4.78 is 15.8. The van der Waals surface area contributed by atoms with Crippen molar-refractivity contribution in [1.29, 1.82) is 0 Å². The number of benzene rings is 2. The number of rotatable bonds is 4. The number of hydrogen-bond donors (Lipinski definition) is 1. The van der Waals surface area contributed by atoms with Crippen LogP contribution in [0.3, 0.4) is 0 Å². The van der Waals surface area contributed by atoms with Crippen LogP contribution in [0.5, 0.6) is 0 Å². The van der Waals surface area contributed by atoms with Crippen LogP contribution in [0.25, 0.3) is 10.9 Å². The third-order valence-corrected chi connectivity index (χ3v) is 3.94. The highest BCUT2D eigenvalue weighted by molar-refractivity contribution is 6.31. The van der Waals surface area contributed by atoms with Crippen molar-refractivity contribution in [3.05, 3.63) is 70.6 Å². The number of nitrogens with zero attached hydrogens (tertiary/aromatic N) is 1. The second-order valence-corrected chi connectivity index (χ2v) is 5.51. The van der Waals surface area contributed by atoms with E-state index in [9.17, 15) is 9.18 Å². The molecule has 1 heterocycles. The molecule has 0 spiro atoms. The minimum absolute atomic E-state index is 0.0401. The van der Waals surface area contributed by atoms with Crippen molar-refractivity contribution in [2.45, 2.75) is 13.0 Å². The fraction of sp³-hybridized carbons (Fsp3) is 0.118. The molecule has 0 amide bonds. The zero-order valence-electron chi connectivity index (χ0n) is 11.6. The fourth-order valence-corrected chi connectivity index (χ4v) is 2.73. The Morgan fingerprint density at radius 1 is 1.23 bits per heavy atom. The first-order valence-electron chi connectivity index (χ1n) is 6.77. The van der Waals surface area contributed by atoms with Gasteiger partial charge in [0, 0.05) is 22.3 Å². The van der Waals surface area contributed by atoms with Crippen molar-refractivity contribution < 1.29 is 14.3 Å². The highest BCUT2D eigenvalue weighted by Crippen LogP contribution is 2.24. The van der Waals surface area contributed by atoms with E-state index in [1.807, 2.05) is 29.0 Å². The van der Waals surface area contributed by atoms with Gasteiger partial charge in [0.15, 0.2) is 0 Å². The standard InChI is InChI=1S/C17H13ClFNO2/c18-14-2-1-3-15(19)13(14)10-20-7-6-12-5-4-11(8-16(12)20)9-17(21)22/h1-8H,9-10H2,(H,21,22). The molecule has 22 heavy (non-hydrogen) atoms. The number of carbonyl (C=O) groups is 1. The van der Waals surface area contributed by atoms with Crippen LogP contribution in [0.15, 0.2) is 48.7 Å². The second-order valence-electron chi connectivity index (χ2n) is 5.11. The first kappa shape index (κ1) is 14.6. The van der Waals surface area contributed by atoms with Crippen LogP contribution < -0.4 is 0 Å². The van der Waals surface area contributed by atoms with Gasteiger partial charge in [0.1, 0.15) is 5.82 Å². The highest BCUT2D eigenvalue weighted by atomic mass is 35.5. The van der Waals surface area contributed by atoms with E-state index in [2.05, 4.69) is 0 Å². The summed E-state index contributed by atoms with van der Waals surface area (Å²) in [5.74, 6) is -1.23. The Kier molecular flexibility index (Phi) is 3.86. The molecule has 112 valence electrons. The van der Waals surface area contributed by atoms with Crippen molar-refractivity contribution in [3.63, 3.8) is 0 Å². The van der Waals surface area contributed by atoms with Crippen LogP contribution in [0, 0.1) is 5.82 Å². The molecule has 1 N–H and O–H groups in total. The van der Waals surface area contributed by atoms with Gasteiger partial charge in [0.2, 0.25) is 0 Å². The predicted octanol–water partition coefficient (Wildman–Crippen LogP) is 4.11. The lowest BCUT2D eigenvalue weighted by Gasteiger charge is -2.09. The number of halogens is 2. The molecule has 0 saturated heterocycles. The Hall–Kier alpha value is -2.33. The van der Waals surface area contributed by atoms with Crippen molar-refractivity contribution in [1.82, 2.24) is 4.57 Å². The van der Waals surface area contributed by atoms with Crippen LogP contribution in [-0.2, 0) is 17.8 Å². The lowest BCUT2D eigenvalue weighted by molar-refractivity contribution is -0.136. The zero-order chi connectivity index (χ0) is 15.7. The molecule has 0 atom stereocenters. The number of fused-ring (bicyclic) bond motifs is 1. The lowest BCUT2D eigenvalue weighted by atomic mass is 10.1. The Bertz CT molecular complexity index is 837. The van der Waals surface area contributed by atoms with Gasteiger partial charge in [-0.3, -0.25) is 4.79 Å². The van der Waals surface area contributed by atoms with Crippen LogP contribution in [0.4, 0.5) is 4.39 Å². The summed E-state index contributed by atoms with van der Waals surface area (Å²) in [7, 11) is 0. The molecule has 0 aliphatic heterocycles. The maximum Gasteiger partial charge on any atom is 0.307 e. The number of hydrogen-bond acceptors (Lipinski definition) is 1. The molecule has 0 unspecified atom stereocenters. The van der Waals surface area contributed by atoms with E-state index in [1.165, 1.54) is 6.07 Å². The number of aromatic nitrogens is 1. The second kappa shape index (κ2) is 5.81. The largest absolute Gasteiger partial charge is 0.481 e.